The standard InChI is InChI=1S/C31H42N6O2/c1-4-32-13-14-33-30(38)20-36(21-31(39)35(3)25-17-23-10-7-8-11-24(23)18-25)29-19-27-26(16-22(29)2)28-12-6-5-9-15-37(28)34-27/h7-8,10-11,16,19,25,32H,4-6,9,12-15,17-18,20-21H2,1-3H3,(H,33,38). The summed E-state index contributed by atoms with van der Waals surface area (Å²) in [5, 5.41) is 12.4. The maximum Gasteiger partial charge on any atom is 0.242 e. The summed E-state index contributed by atoms with van der Waals surface area (Å²) in [6.45, 7) is 7.47. The minimum Gasteiger partial charge on any atom is -0.353 e. The number of carbonyl (C=O) groups excluding carboxylic acids is 2. The lowest BCUT2D eigenvalue weighted by molar-refractivity contribution is -0.130. The highest BCUT2D eigenvalue weighted by Gasteiger charge is 2.29. The molecule has 2 heterocycles. The number of aryl methyl sites for hydroxylation is 3. The van der Waals surface area contributed by atoms with Crippen molar-refractivity contribution >= 4 is 28.4 Å². The zero-order chi connectivity index (χ0) is 27.4. The summed E-state index contributed by atoms with van der Waals surface area (Å²) in [6.07, 6.45) is 6.36. The number of nitrogens with one attached hydrogen (secondary N) is 2. The molecule has 39 heavy (non-hydrogen) atoms. The van der Waals surface area contributed by atoms with E-state index in [0.717, 1.165) is 62.1 Å². The highest BCUT2D eigenvalue weighted by molar-refractivity contribution is 5.91. The predicted molar refractivity (Wildman–Crippen MR) is 156 cm³/mol. The van der Waals surface area contributed by atoms with Crippen molar-refractivity contribution in [3.8, 4) is 0 Å². The van der Waals surface area contributed by atoms with Gasteiger partial charge in [-0.25, -0.2) is 0 Å². The zero-order valence-electron chi connectivity index (χ0n) is 23.6. The number of hydrogen-bond donors (Lipinski definition) is 2. The first-order valence-corrected chi connectivity index (χ1v) is 14.5. The molecule has 208 valence electrons. The van der Waals surface area contributed by atoms with E-state index in [0.29, 0.717) is 6.54 Å². The summed E-state index contributed by atoms with van der Waals surface area (Å²) in [5.41, 5.74) is 6.85. The number of benzene rings is 2. The van der Waals surface area contributed by atoms with Gasteiger partial charge in [0.1, 0.15) is 0 Å². The van der Waals surface area contributed by atoms with Crippen LogP contribution in [0.25, 0.3) is 10.9 Å². The summed E-state index contributed by atoms with van der Waals surface area (Å²) in [4.78, 5) is 30.4. The number of hydrogen-bond acceptors (Lipinski definition) is 5. The molecule has 1 aliphatic heterocycles. The van der Waals surface area contributed by atoms with Gasteiger partial charge in [0.25, 0.3) is 0 Å². The van der Waals surface area contributed by atoms with Crippen LogP contribution in [0.15, 0.2) is 36.4 Å². The van der Waals surface area contributed by atoms with Gasteiger partial charge in [0.2, 0.25) is 11.8 Å². The van der Waals surface area contributed by atoms with E-state index in [4.69, 9.17) is 5.10 Å². The van der Waals surface area contributed by atoms with E-state index in [1.807, 2.05) is 23.8 Å². The zero-order valence-corrected chi connectivity index (χ0v) is 23.6. The molecule has 8 nitrogen and oxygen atoms in total. The van der Waals surface area contributed by atoms with Crippen molar-refractivity contribution in [2.75, 3.05) is 44.7 Å². The maximum absolute atomic E-state index is 13.6. The Morgan fingerprint density at radius 1 is 1.05 bits per heavy atom. The number of fused-ring (bicyclic) bond motifs is 4. The van der Waals surface area contributed by atoms with Crippen molar-refractivity contribution in [3.63, 3.8) is 0 Å². The maximum atomic E-state index is 13.6. The Morgan fingerprint density at radius 3 is 2.56 bits per heavy atom. The smallest absolute Gasteiger partial charge is 0.242 e. The first-order valence-electron chi connectivity index (χ1n) is 14.5. The second-order valence-electron chi connectivity index (χ2n) is 11.0. The Labute approximate surface area is 231 Å². The number of amides is 2. The first kappa shape index (κ1) is 27.2. The van der Waals surface area contributed by atoms with E-state index in [9.17, 15) is 9.59 Å². The average Bonchev–Trinajstić information content (AvgIpc) is 3.42. The highest BCUT2D eigenvalue weighted by atomic mass is 16.2. The van der Waals surface area contributed by atoms with Crippen molar-refractivity contribution in [1.82, 2.24) is 25.3 Å². The molecule has 3 aromatic rings. The molecule has 2 aromatic carbocycles. The summed E-state index contributed by atoms with van der Waals surface area (Å²) >= 11 is 0. The van der Waals surface area contributed by atoms with Crippen molar-refractivity contribution in [3.05, 3.63) is 58.8 Å². The molecule has 0 atom stereocenters. The van der Waals surface area contributed by atoms with E-state index < -0.39 is 0 Å². The Kier molecular flexibility index (Phi) is 8.50. The van der Waals surface area contributed by atoms with Gasteiger partial charge in [-0.15, -0.1) is 0 Å². The minimum absolute atomic E-state index is 0.0216. The van der Waals surface area contributed by atoms with Gasteiger partial charge in [-0.1, -0.05) is 37.6 Å². The van der Waals surface area contributed by atoms with E-state index in [1.165, 1.54) is 35.0 Å². The van der Waals surface area contributed by atoms with Gasteiger partial charge >= 0.3 is 0 Å². The van der Waals surface area contributed by atoms with E-state index in [1.54, 1.807) is 0 Å². The van der Waals surface area contributed by atoms with Crippen LogP contribution < -0.4 is 15.5 Å². The monoisotopic (exact) mass is 530 g/mol. The van der Waals surface area contributed by atoms with Crippen molar-refractivity contribution < 1.29 is 9.59 Å². The fraction of sp³-hybridized carbons (Fsp3) is 0.516. The van der Waals surface area contributed by atoms with Gasteiger partial charge in [0.15, 0.2) is 0 Å². The van der Waals surface area contributed by atoms with Crippen LogP contribution in [0.5, 0.6) is 0 Å². The van der Waals surface area contributed by atoms with Gasteiger partial charge in [-0.05, 0) is 74.4 Å². The van der Waals surface area contributed by atoms with Crippen LogP contribution in [0.1, 0.15) is 48.6 Å². The summed E-state index contributed by atoms with van der Waals surface area (Å²) in [5.74, 6) is -0.0647. The molecule has 1 aliphatic carbocycles. The topological polar surface area (TPSA) is 82.5 Å². The van der Waals surface area contributed by atoms with Gasteiger partial charge in [-0.3, -0.25) is 14.3 Å². The number of likely N-dealkylation sites (N-methyl/N-ethyl adjacent to an activating group) is 2. The second-order valence-corrected chi connectivity index (χ2v) is 11.0. The van der Waals surface area contributed by atoms with Crippen molar-refractivity contribution in [2.24, 2.45) is 0 Å². The van der Waals surface area contributed by atoms with E-state index in [-0.39, 0.29) is 30.9 Å². The molecule has 0 bridgehead atoms. The molecular weight excluding hydrogens is 488 g/mol. The van der Waals surface area contributed by atoms with Crippen LogP contribution in [0.4, 0.5) is 5.69 Å². The van der Waals surface area contributed by atoms with Crippen molar-refractivity contribution in [2.45, 2.75) is 65.0 Å². The molecule has 0 spiro atoms. The third-order valence-corrected chi connectivity index (χ3v) is 8.29. The SMILES string of the molecule is CCNCCNC(=O)CN(CC(=O)N(C)C1Cc2ccccc2C1)c1cc2nn3c(c2cc1C)CCCCC3. The Bertz CT molecular complexity index is 1310. The van der Waals surface area contributed by atoms with Crippen molar-refractivity contribution in [1.29, 1.82) is 0 Å². The largest absolute Gasteiger partial charge is 0.353 e. The quantitative estimate of drug-likeness (QED) is 0.394. The number of carbonyl (C=O) groups is 2. The third kappa shape index (κ3) is 6.11. The highest BCUT2D eigenvalue weighted by Crippen LogP contribution is 2.31. The van der Waals surface area contributed by atoms with Crippen LogP contribution in [0.2, 0.25) is 0 Å². The number of aromatic nitrogens is 2. The van der Waals surface area contributed by atoms with Crippen LogP contribution in [0.3, 0.4) is 0 Å². The van der Waals surface area contributed by atoms with Crippen LogP contribution in [-0.2, 0) is 35.4 Å². The third-order valence-electron chi connectivity index (χ3n) is 8.29. The second kappa shape index (κ2) is 12.2. The molecule has 5 rings (SSSR count). The summed E-state index contributed by atoms with van der Waals surface area (Å²) < 4.78 is 2.16. The minimum atomic E-state index is -0.0863. The molecule has 2 N–H and O–H groups in total. The molecule has 2 amide bonds. The summed E-state index contributed by atoms with van der Waals surface area (Å²) in [6, 6.07) is 12.9. The fourth-order valence-electron chi connectivity index (χ4n) is 6.06. The predicted octanol–water partition coefficient (Wildman–Crippen LogP) is 3.23. The molecular formula is C31H42N6O2. The van der Waals surface area contributed by atoms with Gasteiger partial charge in [-0.2, -0.15) is 5.10 Å². The molecule has 0 unspecified atom stereocenters. The lowest BCUT2D eigenvalue weighted by Gasteiger charge is -2.30. The first-order chi connectivity index (χ1) is 18.9. The lowest BCUT2D eigenvalue weighted by Crippen LogP contribution is -2.47. The van der Waals surface area contributed by atoms with E-state index in [2.05, 4.69) is 58.6 Å². The Balaban J connectivity index is 1.37. The summed E-state index contributed by atoms with van der Waals surface area (Å²) in [7, 11) is 1.90. The Hall–Kier alpha value is -3.39. The fourth-order valence-corrected chi connectivity index (χ4v) is 6.06. The molecule has 0 saturated heterocycles. The average molecular weight is 531 g/mol. The van der Waals surface area contributed by atoms with Gasteiger partial charge in [0.05, 0.1) is 18.6 Å². The number of rotatable bonds is 10. The number of anilines is 1. The van der Waals surface area contributed by atoms with E-state index >= 15 is 0 Å². The van der Waals surface area contributed by atoms with Gasteiger partial charge in [0, 0.05) is 49.5 Å². The molecule has 0 radical (unpaired) electrons. The number of nitrogens with zero attached hydrogens (tertiary/aromatic N) is 4. The normalized spacial score (nSPS) is 15.1. The Morgan fingerprint density at radius 2 is 1.82 bits per heavy atom. The molecule has 1 aromatic heterocycles. The molecule has 2 aliphatic rings. The van der Waals surface area contributed by atoms with Gasteiger partial charge < -0.3 is 20.4 Å². The molecule has 0 saturated carbocycles. The van der Waals surface area contributed by atoms with Crippen LogP contribution in [0, 0.1) is 6.92 Å². The van der Waals surface area contributed by atoms with Crippen LogP contribution in [-0.4, -0.2) is 72.3 Å². The van der Waals surface area contributed by atoms with Crippen LogP contribution >= 0.6 is 0 Å². The lowest BCUT2D eigenvalue weighted by atomic mass is 10.1. The molecule has 8 heteroatoms. The molecule has 0 fully saturated rings.